The molecule has 0 radical (unpaired) electrons. The van der Waals surface area contributed by atoms with Crippen LogP contribution in [0, 0.1) is 0 Å². The number of carbonyl (C=O) groups excluding carboxylic acids is 1. The van der Waals surface area contributed by atoms with Crippen LogP contribution in [0.25, 0.3) is 10.9 Å². The molecule has 92 valence electrons. The van der Waals surface area contributed by atoms with Crippen LogP contribution >= 0.6 is 0 Å². The highest BCUT2D eigenvalue weighted by molar-refractivity contribution is 5.95. The molecule has 5 heteroatoms. The first-order chi connectivity index (χ1) is 8.72. The maximum atomic E-state index is 11.7. The first kappa shape index (κ1) is 12.1. The van der Waals surface area contributed by atoms with Crippen LogP contribution in [-0.2, 0) is 4.84 Å². The summed E-state index contributed by atoms with van der Waals surface area (Å²) in [4.78, 5) is 20.6. The summed E-state index contributed by atoms with van der Waals surface area (Å²) in [6.07, 6.45) is 1.51. The highest BCUT2D eigenvalue weighted by Gasteiger charge is 2.09. The van der Waals surface area contributed by atoms with Crippen molar-refractivity contribution in [1.29, 1.82) is 0 Å². The van der Waals surface area contributed by atoms with Crippen molar-refractivity contribution < 1.29 is 14.7 Å². The van der Waals surface area contributed by atoms with Gasteiger partial charge in [-0.2, -0.15) is 0 Å². The summed E-state index contributed by atoms with van der Waals surface area (Å²) < 4.78 is 0. The van der Waals surface area contributed by atoms with Crippen molar-refractivity contribution in [2.75, 3.05) is 6.61 Å². The molecule has 2 rings (SSSR count). The minimum absolute atomic E-state index is 0.0363. The molecule has 0 saturated carbocycles. The van der Waals surface area contributed by atoms with Gasteiger partial charge < -0.3 is 5.11 Å². The van der Waals surface area contributed by atoms with E-state index in [2.05, 4.69) is 17.0 Å². The molecule has 0 atom stereocenters. The van der Waals surface area contributed by atoms with E-state index in [4.69, 9.17) is 4.84 Å². The lowest BCUT2D eigenvalue weighted by molar-refractivity contribution is 0.0417. The zero-order valence-electron chi connectivity index (χ0n) is 9.59. The summed E-state index contributed by atoms with van der Waals surface area (Å²) in [6.45, 7) is 3.67. The molecule has 0 aliphatic carbocycles. The van der Waals surface area contributed by atoms with Crippen molar-refractivity contribution in [1.82, 2.24) is 10.5 Å². The average molecular weight is 244 g/mol. The Labute approximate surface area is 104 Å². The van der Waals surface area contributed by atoms with Gasteiger partial charge in [-0.15, -0.1) is 6.58 Å². The summed E-state index contributed by atoms with van der Waals surface area (Å²) in [5.74, 6) is -0.434. The van der Waals surface area contributed by atoms with Crippen molar-refractivity contribution in [3.05, 3.63) is 48.7 Å². The van der Waals surface area contributed by atoms with E-state index in [1.165, 1.54) is 12.1 Å². The van der Waals surface area contributed by atoms with E-state index in [0.29, 0.717) is 5.52 Å². The van der Waals surface area contributed by atoms with Crippen molar-refractivity contribution in [2.24, 2.45) is 0 Å². The van der Waals surface area contributed by atoms with E-state index in [0.717, 1.165) is 5.39 Å². The number of phenols is 1. The number of nitrogens with one attached hydrogen (secondary N) is 1. The van der Waals surface area contributed by atoms with Gasteiger partial charge in [-0.25, -0.2) is 10.5 Å². The number of aromatic nitrogens is 1. The zero-order valence-corrected chi connectivity index (χ0v) is 9.59. The quantitative estimate of drug-likeness (QED) is 0.488. The third-order valence-corrected chi connectivity index (χ3v) is 2.30. The number of hydrogen-bond acceptors (Lipinski definition) is 4. The number of benzene rings is 1. The van der Waals surface area contributed by atoms with Crippen LogP contribution in [-0.4, -0.2) is 22.6 Å². The monoisotopic (exact) mass is 244 g/mol. The van der Waals surface area contributed by atoms with Crippen LogP contribution in [0.3, 0.4) is 0 Å². The van der Waals surface area contributed by atoms with Gasteiger partial charge in [0, 0.05) is 5.39 Å². The Morgan fingerprint density at radius 1 is 1.44 bits per heavy atom. The molecule has 2 aromatic rings. The smallest absolute Gasteiger partial charge is 0.293 e. The number of rotatable bonds is 4. The second-order valence-corrected chi connectivity index (χ2v) is 3.58. The predicted octanol–water partition coefficient (Wildman–Crippen LogP) is 1.79. The molecule has 0 aliphatic rings. The molecule has 0 unspecified atom stereocenters. The molecule has 0 spiro atoms. The predicted molar refractivity (Wildman–Crippen MR) is 67.0 cm³/mol. The topological polar surface area (TPSA) is 71.5 Å². The number of pyridine rings is 1. The van der Waals surface area contributed by atoms with Gasteiger partial charge in [0.15, 0.2) is 0 Å². The highest BCUT2D eigenvalue weighted by atomic mass is 16.6. The molecule has 5 nitrogen and oxygen atoms in total. The second-order valence-electron chi connectivity index (χ2n) is 3.58. The number of fused-ring (bicyclic) bond motifs is 1. The molecular formula is C13H12N2O3. The summed E-state index contributed by atoms with van der Waals surface area (Å²) >= 11 is 0. The fourth-order valence-electron chi connectivity index (χ4n) is 1.48. The van der Waals surface area contributed by atoms with Crippen LogP contribution in [0.1, 0.15) is 10.5 Å². The Hall–Kier alpha value is -2.40. The average Bonchev–Trinajstić information content (AvgIpc) is 2.39. The minimum atomic E-state index is -0.470. The fourth-order valence-corrected chi connectivity index (χ4v) is 1.48. The van der Waals surface area contributed by atoms with Crippen molar-refractivity contribution in [3.8, 4) is 5.75 Å². The maximum absolute atomic E-state index is 11.7. The molecule has 1 aromatic carbocycles. The van der Waals surface area contributed by atoms with Crippen LogP contribution < -0.4 is 5.48 Å². The van der Waals surface area contributed by atoms with Crippen LogP contribution in [0.15, 0.2) is 43.0 Å². The number of nitrogens with zero attached hydrogens (tertiary/aromatic N) is 1. The standard InChI is InChI=1S/C13H12N2O3/c1-2-8-18-15-13(17)10-7-6-9-4-3-5-11(16)12(9)14-10/h2-7,16H,1,8H2,(H,15,17). The van der Waals surface area contributed by atoms with Crippen molar-refractivity contribution in [2.45, 2.75) is 0 Å². The number of aromatic hydroxyl groups is 1. The molecule has 1 amide bonds. The van der Waals surface area contributed by atoms with E-state index in [1.807, 2.05) is 0 Å². The third-order valence-electron chi connectivity index (χ3n) is 2.30. The normalized spacial score (nSPS) is 10.2. The summed E-state index contributed by atoms with van der Waals surface area (Å²) in [7, 11) is 0. The minimum Gasteiger partial charge on any atom is -0.506 e. The number of amides is 1. The second kappa shape index (κ2) is 5.29. The first-order valence-corrected chi connectivity index (χ1v) is 5.34. The van der Waals surface area contributed by atoms with Gasteiger partial charge in [-0.05, 0) is 12.1 Å². The number of carbonyl (C=O) groups is 1. The van der Waals surface area contributed by atoms with Gasteiger partial charge in [0.1, 0.15) is 17.0 Å². The Kier molecular flexibility index (Phi) is 3.54. The Bertz CT molecular complexity index is 596. The summed E-state index contributed by atoms with van der Waals surface area (Å²) in [5.41, 5.74) is 2.79. The number of hydrogen-bond donors (Lipinski definition) is 2. The third kappa shape index (κ3) is 2.46. The van der Waals surface area contributed by atoms with E-state index in [-0.39, 0.29) is 18.1 Å². The SMILES string of the molecule is C=CCONC(=O)c1ccc2cccc(O)c2n1. The highest BCUT2D eigenvalue weighted by Crippen LogP contribution is 2.22. The van der Waals surface area contributed by atoms with Crippen LogP contribution in [0.4, 0.5) is 0 Å². The first-order valence-electron chi connectivity index (χ1n) is 5.34. The summed E-state index contributed by atoms with van der Waals surface area (Å²) in [5, 5.41) is 10.4. The molecule has 0 fully saturated rings. The molecule has 1 aromatic heterocycles. The van der Waals surface area contributed by atoms with Crippen LogP contribution in [0.5, 0.6) is 5.75 Å². The molecule has 0 aliphatic heterocycles. The zero-order chi connectivity index (χ0) is 13.0. The molecule has 18 heavy (non-hydrogen) atoms. The number of hydroxylamine groups is 1. The fraction of sp³-hybridized carbons (Fsp3) is 0.0769. The van der Waals surface area contributed by atoms with Crippen molar-refractivity contribution >= 4 is 16.8 Å². The van der Waals surface area contributed by atoms with Gasteiger partial charge in [0.25, 0.3) is 5.91 Å². The molecule has 0 bridgehead atoms. The Balaban J connectivity index is 2.26. The molecule has 2 N–H and O–H groups in total. The Morgan fingerprint density at radius 3 is 3.06 bits per heavy atom. The lowest BCUT2D eigenvalue weighted by atomic mass is 10.2. The van der Waals surface area contributed by atoms with Gasteiger partial charge in [-0.1, -0.05) is 24.3 Å². The number of phenolic OH excluding ortho intramolecular Hbond substituents is 1. The molecule has 0 saturated heterocycles. The van der Waals surface area contributed by atoms with Gasteiger partial charge in [0.2, 0.25) is 0 Å². The van der Waals surface area contributed by atoms with E-state index >= 15 is 0 Å². The largest absolute Gasteiger partial charge is 0.506 e. The van der Waals surface area contributed by atoms with Gasteiger partial charge in [0.05, 0.1) is 6.61 Å². The Morgan fingerprint density at radius 2 is 2.28 bits per heavy atom. The van der Waals surface area contributed by atoms with E-state index in [9.17, 15) is 9.90 Å². The summed E-state index contributed by atoms with van der Waals surface area (Å²) in [6, 6.07) is 8.31. The lowest BCUT2D eigenvalue weighted by Gasteiger charge is -2.05. The van der Waals surface area contributed by atoms with E-state index < -0.39 is 5.91 Å². The van der Waals surface area contributed by atoms with Crippen molar-refractivity contribution in [3.63, 3.8) is 0 Å². The van der Waals surface area contributed by atoms with Crippen LogP contribution in [0.2, 0.25) is 0 Å². The van der Waals surface area contributed by atoms with E-state index in [1.54, 1.807) is 24.3 Å². The van der Waals surface area contributed by atoms with Gasteiger partial charge in [-0.3, -0.25) is 9.63 Å². The van der Waals surface area contributed by atoms with Gasteiger partial charge >= 0.3 is 0 Å². The number of para-hydroxylation sites is 1. The molecule has 1 heterocycles. The maximum Gasteiger partial charge on any atom is 0.293 e. The lowest BCUT2D eigenvalue weighted by Crippen LogP contribution is -2.24. The molecular weight excluding hydrogens is 232 g/mol.